The quantitative estimate of drug-likeness (QED) is 0.586. The van der Waals surface area contributed by atoms with Crippen LogP contribution < -0.4 is 10.2 Å². The van der Waals surface area contributed by atoms with E-state index in [1.54, 1.807) is 23.1 Å². The lowest BCUT2D eigenvalue weighted by atomic mass is 10.1. The number of nitrogens with one attached hydrogen (secondary N) is 1. The predicted octanol–water partition coefficient (Wildman–Crippen LogP) is 4.28. The molecule has 3 aromatic rings. The van der Waals surface area contributed by atoms with Crippen LogP contribution in [0.1, 0.15) is 27.2 Å². The molecule has 5 nitrogen and oxygen atoms in total. The van der Waals surface area contributed by atoms with Crippen LogP contribution in [0.2, 0.25) is 0 Å². The SMILES string of the molecule is C=CCNC(=O)Cc1ccc(N(Cc2ccc(C)cc2)C(=O)c2ccco2)cc1. The third kappa shape index (κ3) is 5.45. The van der Waals surface area contributed by atoms with Gasteiger partial charge in [-0.15, -0.1) is 6.58 Å². The number of amides is 2. The summed E-state index contributed by atoms with van der Waals surface area (Å²) in [5, 5.41) is 2.76. The molecule has 1 aromatic heterocycles. The van der Waals surface area contributed by atoms with Crippen LogP contribution in [-0.2, 0) is 17.8 Å². The van der Waals surface area contributed by atoms with Crippen molar-refractivity contribution in [2.45, 2.75) is 19.9 Å². The number of hydrogen-bond donors (Lipinski definition) is 1. The van der Waals surface area contributed by atoms with E-state index in [1.165, 1.54) is 6.26 Å². The molecule has 1 N–H and O–H groups in total. The zero-order valence-corrected chi connectivity index (χ0v) is 16.4. The molecule has 5 heteroatoms. The van der Waals surface area contributed by atoms with Crippen LogP contribution in [0.25, 0.3) is 0 Å². The van der Waals surface area contributed by atoms with Crippen LogP contribution >= 0.6 is 0 Å². The first-order chi connectivity index (χ1) is 14.1. The highest BCUT2D eigenvalue weighted by Crippen LogP contribution is 2.22. The van der Waals surface area contributed by atoms with Gasteiger partial charge in [0.2, 0.25) is 5.91 Å². The Morgan fingerprint density at radius 1 is 1.03 bits per heavy atom. The molecule has 29 heavy (non-hydrogen) atoms. The lowest BCUT2D eigenvalue weighted by Crippen LogP contribution is -2.30. The maximum atomic E-state index is 13.0. The summed E-state index contributed by atoms with van der Waals surface area (Å²) in [5.74, 6) is -0.00198. The summed E-state index contributed by atoms with van der Waals surface area (Å²) in [6, 6.07) is 18.8. The van der Waals surface area contributed by atoms with Gasteiger partial charge < -0.3 is 14.6 Å². The Labute approximate surface area is 170 Å². The maximum absolute atomic E-state index is 13.0. The predicted molar refractivity (Wildman–Crippen MR) is 114 cm³/mol. The summed E-state index contributed by atoms with van der Waals surface area (Å²) >= 11 is 0. The van der Waals surface area contributed by atoms with E-state index < -0.39 is 0 Å². The zero-order valence-electron chi connectivity index (χ0n) is 16.4. The fourth-order valence-corrected chi connectivity index (χ4v) is 2.92. The van der Waals surface area contributed by atoms with Crippen LogP contribution in [0.15, 0.2) is 84.0 Å². The molecular formula is C24H24N2O3. The average molecular weight is 388 g/mol. The highest BCUT2D eigenvalue weighted by atomic mass is 16.3. The number of carbonyl (C=O) groups is 2. The summed E-state index contributed by atoms with van der Waals surface area (Å²) < 4.78 is 5.32. The molecule has 0 saturated heterocycles. The van der Waals surface area contributed by atoms with E-state index >= 15 is 0 Å². The minimum Gasteiger partial charge on any atom is -0.459 e. The summed E-state index contributed by atoms with van der Waals surface area (Å²) in [6.45, 7) is 6.47. The molecule has 0 saturated carbocycles. The molecule has 0 spiro atoms. The second kappa shape index (κ2) is 9.55. The zero-order chi connectivity index (χ0) is 20.6. The van der Waals surface area contributed by atoms with Crippen LogP contribution in [0.3, 0.4) is 0 Å². The van der Waals surface area contributed by atoms with Crippen molar-refractivity contribution < 1.29 is 14.0 Å². The van der Waals surface area contributed by atoms with Crippen molar-refractivity contribution in [2.24, 2.45) is 0 Å². The topological polar surface area (TPSA) is 62.6 Å². The Morgan fingerprint density at radius 3 is 2.34 bits per heavy atom. The van der Waals surface area contributed by atoms with Gasteiger partial charge in [-0.2, -0.15) is 0 Å². The lowest BCUT2D eigenvalue weighted by molar-refractivity contribution is -0.120. The molecule has 1 heterocycles. The van der Waals surface area contributed by atoms with E-state index in [9.17, 15) is 9.59 Å². The second-order valence-electron chi connectivity index (χ2n) is 6.79. The van der Waals surface area contributed by atoms with Gasteiger partial charge in [-0.05, 0) is 42.3 Å². The highest BCUT2D eigenvalue weighted by Gasteiger charge is 2.20. The molecule has 0 atom stereocenters. The van der Waals surface area contributed by atoms with Gasteiger partial charge >= 0.3 is 0 Å². The first kappa shape index (κ1) is 20.1. The smallest absolute Gasteiger partial charge is 0.294 e. The number of benzene rings is 2. The number of nitrogens with zero attached hydrogens (tertiary/aromatic N) is 1. The molecular weight excluding hydrogens is 364 g/mol. The molecule has 0 bridgehead atoms. The Balaban J connectivity index is 1.81. The van der Waals surface area contributed by atoms with Gasteiger partial charge in [-0.3, -0.25) is 9.59 Å². The second-order valence-corrected chi connectivity index (χ2v) is 6.79. The van der Waals surface area contributed by atoms with Crippen molar-refractivity contribution in [3.05, 3.63) is 102 Å². The Hall–Kier alpha value is -3.60. The minimum absolute atomic E-state index is 0.0687. The average Bonchev–Trinajstić information content (AvgIpc) is 3.27. The first-order valence-electron chi connectivity index (χ1n) is 9.44. The molecule has 0 radical (unpaired) electrons. The van der Waals surface area contributed by atoms with Crippen molar-refractivity contribution in [3.8, 4) is 0 Å². The molecule has 0 unspecified atom stereocenters. The van der Waals surface area contributed by atoms with E-state index in [0.29, 0.717) is 13.1 Å². The maximum Gasteiger partial charge on any atom is 0.294 e. The first-order valence-corrected chi connectivity index (χ1v) is 9.44. The van der Waals surface area contributed by atoms with E-state index in [4.69, 9.17) is 4.42 Å². The van der Waals surface area contributed by atoms with E-state index in [2.05, 4.69) is 11.9 Å². The molecule has 0 aliphatic heterocycles. The molecule has 0 fully saturated rings. The van der Waals surface area contributed by atoms with Gasteiger partial charge in [0.25, 0.3) is 5.91 Å². The van der Waals surface area contributed by atoms with E-state index in [-0.39, 0.29) is 24.0 Å². The molecule has 148 valence electrons. The monoisotopic (exact) mass is 388 g/mol. The van der Waals surface area contributed by atoms with Crippen molar-refractivity contribution in [3.63, 3.8) is 0 Å². The van der Waals surface area contributed by atoms with Crippen LogP contribution in [0.5, 0.6) is 0 Å². The largest absolute Gasteiger partial charge is 0.459 e. The number of carbonyl (C=O) groups excluding carboxylic acids is 2. The minimum atomic E-state index is -0.216. The van der Waals surface area contributed by atoms with E-state index in [1.807, 2.05) is 55.5 Å². The van der Waals surface area contributed by atoms with Gasteiger partial charge in [0.15, 0.2) is 5.76 Å². The molecule has 2 aromatic carbocycles. The van der Waals surface area contributed by atoms with Crippen molar-refractivity contribution in [1.29, 1.82) is 0 Å². The Morgan fingerprint density at radius 2 is 1.72 bits per heavy atom. The van der Waals surface area contributed by atoms with E-state index in [0.717, 1.165) is 22.4 Å². The van der Waals surface area contributed by atoms with Crippen LogP contribution in [-0.4, -0.2) is 18.4 Å². The van der Waals surface area contributed by atoms with Gasteiger partial charge in [-0.1, -0.05) is 48.0 Å². The van der Waals surface area contributed by atoms with Crippen LogP contribution in [0.4, 0.5) is 5.69 Å². The molecule has 3 rings (SSSR count). The number of hydrogen-bond acceptors (Lipinski definition) is 3. The van der Waals surface area contributed by atoms with Gasteiger partial charge in [0.05, 0.1) is 19.2 Å². The lowest BCUT2D eigenvalue weighted by Gasteiger charge is -2.22. The summed E-state index contributed by atoms with van der Waals surface area (Å²) in [6.07, 6.45) is 3.41. The third-order valence-corrected chi connectivity index (χ3v) is 4.49. The Bertz CT molecular complexity index is 958. The van der Waals surface area contributed by atoms with Crippen molar-refractivity contribution in [2.75, 3.05) is 11.4 Å². The number of furan rings is 1. The number of rotatable bonds is 8. The summed E-state index contributed by atoms with van der Waals surface area (Å²) in [4.78, 5) is 26.6. The van der Waals surface area contributed by atoms with Gasteiger partial charge in [-0.25, -0.2) is 0 Å². The van der Waals surface area contributed by atoms with Crippen LogP contribution in [0, 0.1) is 6.92 Å². The van der Waals surface area contributed by atoms with Crippen molar-refractivity contribution >= 4 is 17.5 Å². The fourth-order valence-electron chi connectivity index (χ4n) is 2.92. The normalized spacial score (nSPS) is 10.4. The summed E-state index contributed by atoms with van der Waals surface area (Å²) in [5.41, 5.74) is 3.79. The summed E-state index contributed by atoms with van der Waals surface area (Å²) in [7, 11) is 0. The standard InChI is InChI=1S/C24H24N2O3/c1-3-14-25-23(27)16-19-10-12-21(13-11-19)26(24(28)22-5-4-15-29-22)17-20-8-6-18(2)7-9-20/h3-13,15H,1,14,16-17H2,2H3,(H,25,27). The van der Waals surface area contributed by atoms with Gasteiger partial charge in [0, 0.05) is 12.2 Å². The number of anilines is 1. The molecule has 0 aliphatic rings. The molecule has 2 amide bonds. The molecule has 0 aliphatic carbocycles. The highest BCUT2D eigenvalue weighted by molar-refractivity contribution is 6.04. The number of aryl methyl sites for hydroxylation is 1. The van der Waals surface area contributed by atoms with Gasteiger partial charge in [0.1, 0.15) is 0 Å². The fraction of sp³-hybridized carbons (Fsp3) is 0.167. The third-order valence-electron chi connectivity index (χ3n) is 4.49. The Kier molecular flexibility index (Phi) is 6.63. The van der Waals surface area contributed by atoms with Crippen molar-refractivity contribution in [1.82, 2.24) is 5.32 Å².